The maximum absolute atomic E-state index is 5.60. The zero-order valence-electron chi connectivity index (χ0n) is 8.65. The van der Waals surface area contributed by atoms with E-state index in [-0.39, 0.29) is 0 Å². The Morgan fingerprint density at radius 1 is 1.29 bits per heavy atom. The van der Waals surface area contributed by atoms with Gasteiger partial charge >= 0.3 is 0 Å². The predicted molar refractivity (Wildman–Crippen MR) is 58.7 cm³/mol. The van der Waals surface area contributed by atoms with E-state index in [2.05, 4.69) is 9.97 Å². The molecule has 0 atom stereocenters. The van der Waals surface area contributed by atoms with Gasteiger partial charge in [0.15, 0.2) is 5.82 Å². The molecule has 2 aromatic rings. The third kappa shape index (κ3) is 1.61. The number of nitrogen functional groups attached to an aromatic ring is 2. The molecule has 0 unspecified atom stereocenters. The van der Waals surface area contributed by atoms with Crippen LogP contribution in [-0.4, -0.2) is 14.5 Å². The van der Waals surface area contributed by atoms with E-state index in [1.807, 2.05) is 25.5 Å². The zero-order chi connectivity index (χ0) is 10.7. The molecule has 2 aromatic heterocycles. The second kappa shape index (κ2) is 3.95. The second-order valence-electron chi connectivity index (χ2n) is 2.66. The normalized spacial score (nSPS) is 9.64. The van der Waals surface area contributed by atoms with Crippen molar-refractivity contribution in [1.29, 1.82) is 0 Å². The Balaban J connectivity index is 0.000000461. The summed E-state index contributed by atoms with van der Waals surface area (Å²) in [6.07, 6.45) is 1.68. The molecule has 0 spiro atoms. The summed E-state index contributed by atoms with van der Waals surface area (Å²) >= 11 is 0. The minimum atomic E-state index is 0.380. The van der Waals surface area contributed by atoms with Crippen LogP contribution < -0.4 is 11.5 Å². The lowest BCUT2D eigenvalue weighted by molar-refractivity contribution is 0.947. The van der Waals surface area contributed by atoms with Crippen LogP contribution >= 0.6 is 0 Å². The number of nitrogens with zero attached hydrogens (tertiary/aromatic N) is 3. The van der Waals surface area contributed by atoms with Crippen LogP contribution in [0.2, 0.25) is 0 Å². The van der Waals surface area contributed by atoms with Gasteiger partial charge in [-0.25, -0.2) is 9.97 Å². The maximum Gasteiger partial charge on any atom is 0.154 e. The molecule has 0 aliphatic carbocycles. The molecule has 2 rings (SSSR count). The number of imidazole rings is 1. The molecular weight excluding hydrogens is 178 g/mol. The molecule has 0 radical (unpaired) electrons. The van der Waals surface area contributed by atoms with Crippen molar-refractivity contribution in [3.8, 4) is 0 Å². The van der Waals surface area contributed by atoms with Crippen LogP contribution in [0.3, 0.4) is 0 Å². The minimum Gasteiger partial charge on any atom is -0.384 e. The van der Waals surface area contributed by atoms with E-state index in [0.717, 1.165) is 5.52 Å². The molecule has 0 aliphatic rings. The lowest BCUT2D eigenvalue weighted by Crippen LogP contribution is -1.97. The van der Waals surface area contributed by atoms with Crippen molar-refractivity contribution in [3.63, 3.8) is 0 Å². The van der Waals surface area contributed by atoms with Crippen molar-refractivity contribution in [2.24, 2.45) is 7.05 Å². The first-order valence-corrected chi connectivity index (χ1v) is 4.51. The summed E-state index contributed by atoms with van der Waals surface area (Å²) in [5.74, 6) is 0.800. The van der Waals surface area contributed by atoms with Crippen LogP contribution in [0.5, 0.6) is 0 Å². The van der Waals surface area contributed by atoms with Crippen LogP contribution in [-0.2, 0) is 7.05 Å². The van der Waals surface area contributed by atoms with E-state index in [1.165, 1.54) is 0 Å². The van der Waals surface area contributed by atoms with Gasteiger partial charge in [-0.05, 0) is 0 Å². The van der Waals surface area contributed by atoms with Gasteiger partial charge in [0, 0.05) is 13.1 Å². The zero-order valence-corrected chi connectivity index (χ0v) is 8.65. The van der Waals surface area contributed by atoms with Crippen LogP contribution in [0.1, 0.15) is 13.8 Å². The topological polar surface area (TPSA) is 82.8 Å². The Morgan fingerprint density at radius 2 is 1.93 bits per heavy atom. The van der Waals surface area contributed by atoms with E-state index in [1.54, 1.807) is 12.4 Å². The highest BCUT2D eigenvalue weighted by Gasteiger charge is 2.04. The molecule has 5 heteroatoms. The first-order valence-electron chi connectivity index (χ1n) is 4.51. The van der Waals surface area contributed by atoms with E-state index in [4.69, 9.17) is 11.5 Å². The Hall–Kier alpha value is -1.78. The van der Waals surface area contributed by atoms with Gasteiger partial charge in [0.2, 0.25) is 0 Å². The molecule has 0 aromatic carbocycles. The standard InChI is InChI=1S/C7H9N5.C2H6/c1-12-3-10-6-4(12)2-5(8)11-7(6)9;1-2/h2-3H,1H3,(H4,8,9,11);1-2H3. The van der Waals surface area contributed by atoms with E-state index in [0.29, 0.717) is 17.2 Å². The van der Waals surface area contributed by atoms with Gasteiger partial charge in [0.05, 0.1) is 11.8 Å². The highest BCUT2D eigenvalue weighted by molar-refractivity contribution is 5.86. The van der Waals surface area contributed by atoms with Gasteiger partial charge < -0.3 is 16.0 Å². The number of hydrogen-bond donors (Lipinski definition) is 2. The number of nitrogens with two attached hydrogens (primary N) is 2. The number of pyridine rings is 1. The molecule has 76 valence electrons. The van der Waals surface area contributed by atoms with Crippen molar-refractivity contribution in [1.82, 2.24) is 14.5 Å². The third-order valence-corrected chi connectivity index (χ3v) is 1.76. The van der Waals surface area contributed by atoms with E-state index >= 15 is 0 Å². The fourth-order valence-electron chi connectivity index (χ4n) is 1.17. The lowest BCUT2D eigenvalue weighted by Gasteiger charge is -1.98. The smallest absolute Gasteiger partial charge is 0.154 e. The average molecular weight is 193 g/mol. The second-order valence-corrected chi connectivity index (χ2v) is 2.66. The van der Waals surface area contributed by atoms with Crippen molar-refractivity contribution in [2.75, 3.05) is 11.5 Å². The number of anilines is 2. The molecule has 0 saturated heterocycles. The Bertz CT molecular complexity index is 432. The fourth-order valence-corrected chi connectivity index (χ4v) is 1.17. The largest absolute Gasteiger partial charge is 0.384 e. The van der Waals surface area contributed by atoms with Crippen molar-refractivity contribution < 1.29 is 0 Å². The van der Waals surface area contributed by atoms with Gasteiger partial charge in [-0.15, -0.1) is 0 Å². The number of fused-ring (bicyclic) bond motifs is 1. The summed E-state index contributed by atoms with van der Waals surface area (Å²) in [6, 6.07) is 1.75. The van der Waals surface area contributed by atoms with Gasteiger partial charge in [-0.2, -0.15) is 0 Å². The molecule has 0 bridgehead atoms. The Labute approximate surface area is 82.8 Å². The molecule has 2 heterocycles. The molecular formula is C9H15N5. The predicted octanol–water partition coefficient (Wildman–Crippen LogP) is 1.16. The number of hydrogen-bond acceptors (Lipinski definition) is 4. The molecule has 0 saturated carbocycles. The summed E-state index contributed by atoms with van der Waals surface area (Å²) < 4.78 is 1.85. The lowest BCUT2D eigenvalue weighted by atomic mass is 10.3. The van der Waals surface area contributed by atoms with E-state index < -0.39 is 0 Å². The van der Waals surface area contributed by atoms with E-state index in [9.17, 15) is 0 Å². The van der Waals surface area contributed by atoms with Gasteiger partial charge in [-0.1, -0.05) is 13.8 Å². The van der Waals surface area contributed by atoms with Crippen LogP contribution in [0.4, 0.5) is 11.6 Å². The van der Waals surface area contributed by atoms with Gasteiger partial charge in [-0.3, -0.25) is 0 Å². The van der Waals surface area contributed by atoms with Crippen molar-refractivity contribution in [2.45, 2.75) is 13.8 Å². The highest BCUT2D eigenvalue weighted by Crippen LogP contribution is 2.18. The molecule has 14 heavy (non-hydrogen) atoms. The summed E-state index contributed by atoms with van der Waals surface area (Å²) in [5.41, 5.74) is 12.7. The Morgan fingerprint density at radius 3 is 2.57 bits per heavy atom. The van der Waals surface area contributed by atoms with Crippen LogP contribution in [0.25, 0.3) is 11.0 Å². The maximum atomic E-state index is 5.60. The minimum absolute atomic E-state index is 0.380. The Kier molecular flexibility index (Phi) is 2.91. The number of aromatic nitrogens is 3. The van der Waals surface area contributed by atoms with Crippen molar-refractivity contribution >= 4 is 22.7 Å². The van der Waals surface area contributed by atoms with Crippen LogP contribution in [0.15, 0.2) is 12.4 Å². The highest BCUT2D eigenvalue weighted by atomic mass is 15.0. The molecule has 0 amide bonds. The molecule has 0 aliphatic heterocycles. The van der Waals surface area contributed by atoms with Gasteiger partial charge in [0.25, 0.3) is 0 Å². The van der Waals surface area contributed by atoms with Crippen molar-refractivity contribution in [3.05, 3.63) is 12.4 Å². The SMILES string of the molecule is CC.Cn1cnc2c(N)nc(N)cc21. The number of rotatable bonds is 0. The first kappa shape index (κ1) is 10.3. The molecule has 4 N–H and O–H groups in total. The first-order chi connectivity index (χ1) is 6.68. The number of aryl methyl sites for hydroxylation is 1. The van der Waals surface area contributed by atoms with Crippen LogP contribution in [0, 0.1) is 0 Å². The summed E-state index contributed by atoms with van der Waals surface area (Å²) in [5, 5.41) is 0. The fraction of sp³-hybridized carbons (Fsp3) is 0.333. The summed E-state index contributed by atoms with van der Waals surface area (Å²) in [7, 11) is 1.88. The third-order valence-electron chi connectivity index (χ3n) is 1.76. The average Bonchev–Trinajstić information content (AvgIpc) is 2.52. The molecule has 5 nitrogen and oxygen atoms in total. The summed E-state index contributed by atoms with van der Waals surface area (Å²) in [6.45, 7) is 4.00. The monoisotopic (exact) mass is 193 g/mol. The van der Waals surface area contributed by atoms with Gasteiger partial charge in [0.1, 0.15) is 11.3 Å². The quantitative estimate of drug-likeness (QED) is 0.657. The molecule has 0 fully saturated rings. The summed E-state index contributed by atoms with van der Waals surface area (Å²) in [4.78, 5) is 7.97.